The van der Waals surface area contributed by atoms with E-state index in [9.17, 15) is 0 Å². The summed E-state index contributed by atoms with van der Waals surface area (Å²) in [4.78, 5) is 5.67. The van der Waals surface area contributed by atoms with E-state index in [1.807, 2.05) is 6.92 Å². The van der Waals surface area contributed by atoms with Crippen LogP contribution in [0.5, 0.6) is 0 Å². The topological polar surface area (TPSA) is 12.9 Å². The fourth-order valence-corrected chi connectivity index (χ4v) is 3.74. The summed E-state index contributed by atoms with van der Waals surface area (Å²) in [5.74, 6) is 0. The molecule has 0 unspecified atom stereocenters. The van der Waals surface area contributed by atoms with Crippen LogP contribution in [-0.2, 0) is 0 Å². The van der Waals surface area contributed by atoms with E-state index < -0.39 is 0 Å². The molecular formula is C8H5Br2NS2. The smallest absolute Gasteiger partial charge is 0.134 e. The van der Waals surface area contributed by atoms with Crippen LogP contribution in [0, 0.1) is 6.92 Å². The van der Waals surface area contributed by atoms with Crippen molar-refractivity contribution in [3.05, 3.63) is 25.4 Å². The molecule has 0 aliphatic rings. The standard InChI is InChI=1S/C8H5Br2NS2/c1-4-7(10)13-8(11-4)6-2-5(9)3-12-6/h2-3H,1H3. The fourth-order valence-electron chi connectivity index (χ4n) is 0.908. The van der Waals surface area contributed by atoms with Crippen LogP contribution in [0.4, 0.5) is 0 Å². The van der Waals surface area contributed by atoms with Gasteiger partial charge >= 0.3 is 0 Å². The SMILES string of the molecule is Cc1nc(-c2cc(Br)cs2)sc1Br. The van der Waals surface area contributed by atoms with Crippen molar-refractivity contribution in [1.29, 1.82) is 0 Å². The largest absolute Gasteiger partial charge is 0.239 e. The van der Waals surface area contributed by atoms with Crippen molar-refractivity contribution in [2.75, 3.05) is 0 Å². The van der Waals surface area contributed by atoms with Crippen molar-refractivity contribution < 1.29 is 0 Å². The predicted molar refractivity (Wildman–Crippen MR) is 65.6 cm³/mol. The minimum absolute atomic E-state index is 1.06. The minimum Gasteiger partial charge on any atom is -0.239 e. The van der Waals surface area contributed by atoms with Gasteiger partial charge in [0.1, 0.15) is 5.01 Å². The Labute approximate surface area is 101 Å². The first kappa shape index (κ1) is 9.83. The summed E-state index contributed by atoms with van der Waals surface area (Å²) in [5, 5.41) is 3.15. The lowest BCUT2D eigenvalue weighted by Gasteiger charge is -1.84. The average Bonchev–Trinajstić information content (AvgIpc) is 2.61. The second-order valence-electron chi connectivity index (χ2n) is 2.51. The number of hydrogen-bond acceptors (Lipinski definition) is 3. The fraction of sp³-hybridized carbons (Fsp3) is 0.125. The van der Waals surface area contributed by atoms with E-state index in [2.05, 4.69) is 48.3 Å². The van der Waals surface area contributed by atoms with Crippen molar-refractivity contribution in [1.82, 2.24) is 4.98 Å². The normalized spacial score (nSPS) is 10.7. The summed E-state index contributed by atoms with van der Waals surface area (Å²) in [6.45, 7) is 2.01. The highest BCUT2D eigenvalue weighted by Gasteiger charge is 2.08. The zero-order valence-electron chi connectivity index (χ0n) is 6.67. The summed E-state index contributed by atoms with van der Waals surface area (Å²) in [6, 6.07) is 2.09. The maximum atomic E-state index is 4.46. The molecule has 0 fully saturated rings. The van der Waals surface area contributed by atoms with Crippen LogP contribution in [0.1, 0.15) is 5.69 Å². The number of halogens is 2. The molecule has 0 saturated carbocycles. The summed E-state index contributed by atoms with van der Waals surface area (Å²) >= 11 is 10.3. The van der Waals surface area contributed by atoms with Crippen LogP contribution in [0.15, 0.2) is 19.7 Å². The lowest BCUT2D eigenvalue weighted by molar-refractivity contribution is 1.26. The Morgan fingerprint density at radius 3 is 2.62 bits per heavy atom. The third-order valence-corrected chi connectivity index (χ3v) is 5.38. The summed E-state index contributed by atoms with van der Waals surface area (Å²) < 4.78 is 2.24. The van der Waals surface area contributed by atoms with Gasteiger partial charge in [-0.1, -0.05) is 0 Å². The van der Waals surface area contributed by atoms with E-state index in [1.54, 1.807) is 22.7 Å². The Bertz CT molecular complexity index is 414. The van der Waals surface area contributed by atoms with Crippen LogP contribution < -0.4 is 0 Å². The van der Waals surface area contributed by atoms with Crippen LogP contribution in [-0.4, -0.2) is 4.98 Å². The number of aryl methyl sites for hydroxylation is 1. The van der Waals surface area contributed by atoms with Gasteiger partial charge in [-0.25, -0.2) is 4.98 Å². The Morgan fingerprint density at radius 2 is 2.15 bits per heavy atom. The van der Waals surface area contributed by atoms with Gasteiger partial charge in [0.05, 0.1) is 14.4 Å². The van der Waals surface area contributed by atoms with E-state index in [0.29, 0.717) is 0 Å². The number of thiazole rings is 1. The summed E-state index contributed by atoms with van der Waals surface area (Å²) in [6.07, 6.45) is 0. The first-order valence-corrected chi connectivity index (χ1v) is 6.82. The van der Waals surface area contributed by atoms with Gasteiger partial charge in [0.15, 0.2) is 0 Å². The molecule has 68 valence electrons. The van der Waals surface area contributed by atoms with Crippen LogP contribution in [0.2, 0.25) is 0 Å². The molecule has 0 atom stereocenters. The molecule has 0 aromatic carbocycles. The quantitative estimate of drug-likeness (QED) is 0.734. The molecule has 2 aromatic heterocycles. The van der Waals surface area contributed by atoms with E-state index >= 15 is 0 Å². The maximum Gasteiger partial charge on any atom is 0.134 e. The highest BCUT2D eigenvalue weighted by Crippen LogP contribution is 2.36. The first-order valence-electron chi connectivity index (χ1n) is 3.54. The molecule has 2 aromatic rings. The zero-order valence-corrected chi connectivity index (χ0v) is 11.5. The lowest BCUT2D eigenvalue weighted by Crippen LogP contribution is -1.71. The Balaban J connectivity index is 2.46. The lowest BCUT2D eigenvalue weighted by atomic mass is 10.5. The number of rotatable bonds is 1. The molecule has 2 heterocycles. The number of hydrogen-bond donors (Lipinski definition) is 0. The molecule has 2 rings (SSSR count). The van der Waals surface area contributed by atoms with Gasteiger partial charge in [-0.2, -0.15) is 0 Å². The third kappa shape index (κ3) is 2.03. The van der Waals surface area contributed by atoms with Crippen molar-refractivity contribution in [3.8, 4) is 9.88 Å². The average molecular weight is 339 g/mol. The second-order valence-corrected chi connectivity index (χ2v) is 6.65. The van der Waals surface area contributed by atoms with Crippen LogP contribution in [0.25, 0.3) is 9.88 Å². The van der Waals surface area contributed by atoms with Crippen LogP contribution >= 0.6 is 54.5 Å². The van der Waals surface area contributed by atoms with Gasteiger partial charge in [0, 0.05) is 9.85 Å². The summed E-state index contributed by atoms with van der Waals surface area (Å²) in [7, 11) is 0. The van der Waals surface area contributed by atoms with Crippen LogP contribution in [0.3, 0.4) is 0 Å². The molecule has 0 saturated heterocycles. The van der Waals surface area contributed by atoms with E-state index in [0.717, 1.165) is 19.0 Å². The highest BCUT2D eigenvalue weighted by atomic mass is 79.9. The molecule has 5 heteroatoms. The number of aromatic nitrogens is 1. The third-order valence-electron chi connectivity index (χ3n) is 1.52. The number of nitrogens with zero attached hydrogens (tertiary/aromatic N) is 1. The van der Waals surface area contributed by atoms with E-state index in [4.69, 9.17) is 0 Å². The van der Waals surface area contributed by atoms with Gasteiger partial charge in [0.2, 0.25) is 0 Å². The Kier molecular flexibility index (Phi) is 2.88. The molecule has 0 aliphatic carbocycles. The van der Waals surface area contributed by atoms with Crippen molar-refractivity contribution in [2.45, 2.75) is 6.92 Å². The molecule has 0 N–H and O–H groups in total. The maximum absolute atomic E-state index is 4.46. The molecule has 0 amide bonds. The van der Waals surface area contributed by atoms with Crippen molar-refractivity contribution >= 4 is 54.5 Å². The molecule has 0 spiro atoms. The predicted octanol–water partition coefficient (Wildman–Crippen LogP) is 4.71. The number of thiophene rings is 1. The summed E-state index contributed by atoms with van der Waals surface area (Å²) in [5.41, 5.74) is 1.06. The molecule has 1 nitrogen and oxygen atoms in total. The van der Waals surface area contributed by atoms with Gasteiger partial charge in [-0.05, 0) is 44.8 Å². The van der Waals surface area contributed by atoms with E-state index in [-0.39, 0.29) is 0 Å². The minimum atomic E-state index is 1.06. The molecule has 0 bridgehead atoms. The zero-order chi connectivity index (χ0) is 9.42. The molecule has 13 heavy (non-hydrogen) atoms. The monoisotopic (exact) mass is 337 g/mol. The second kappa shape index (κ2) is 3.81. The Morgan fingerprint density at radius 1 is 1.38 bits per heavy atom. The van der Waals surface area contributed by atoms with Crippen molar-refractivity contribution in [3.63, 3.8) is 0 Å². The first-order chi connectivity index (χ1) is 6.16. The van der Waals surface area contributed by atoms with Gasteiger partial charge in [-0.3, -0.25) is 0 Å². The molecule has 0 radical (unpaired) electrons. The van der Waals surface area contributed by atoms with Crippen molar-refractivity contribution in [2.24, 2.45) is 0 Å². The highest BCUT2D eigenvalue weighted by molar-refractivity contribution is 9.11. The molecule has 0 aliphatic heterocycles. The Hall–Kier alpha value is 0.290. The van der Waals surface area contributed by atoms with E-state index in [1.165, 1.54) is 4.88 Å². The van der Waals surface area contributed by atoms with Gasteiger partial charge in [-0.15, -0.1) is 22.7 Å². The van der Waals surface area contributed by atoms with Gasteiger partial charge < -0.3 is 0 Å². The van der Waals surface area contributed by atoms with Gasteiger partial charge in [0.25, 0.3) is 0 Å². The molecular weight excluding hydrogens is 334 g/mol.